The van der Waals surface area contributed by atoms with E-state index in [1.807, 2.05) is 0 Å². The van der Waals surface area contributed by atoms with Gasteiger partial charge in [0.1, 0.15) is 17.5 Å². The van der Waals surface area contributed by atoms with Crippen LogP contribution < -0.4 is 0 Å². The Morgan fingerprint density at radius 1 is 1.06 bits per heavy atom. The molecule has 2 atom stereocenters. The Bertz CT molecular complexity index is 1050. The minimum absolute atomic E-state index is 0.0689. The predicted octanol–water partition coefficient (Wildman–Crippen LogP) is 6.01. The Morgan fingerprint density at radius 3 is 2.23 bits per heavy atom. The zero-order chi connectivity index (χ0) is 26.3. The summed E-state index contributed by atoms with van der Waals surface area (Å²) in [5.41, 5.74) is 4.11. The quantitative estimate of drug-likeness (QED) is 0.357. The molecule has 0 amide bonds. The number of benzene rings is 2. The molecule has 0 spiro atoms. The number of aliphatic hydroxyl groups is 2. The van der Waals surface area contributed by atoms with Gasteiger partial charge in [0.05, 0.1) is 12.5 Å². The second kappa shape index (κ2) is 12.3. The highest BCUT2D eigenvalue weighted by Crippen LogP contribution is 2.32. The van der Waals surface area contributed by atoms with Crippen LogP contribution in [0.3, 0.4) is 0 Å². The molecule has 4 nitrogen and oxygen atoms in total. The second-order valence-electron chi connectivity index (χ2n) is 10.8. The summed E-state index contributed by atoms with van der Waals surface area (Å²) in [6.07, 6.45) is -1.56. The third-order valence-electron chi connectivity index (χ3n) is 5.33. The number of aliphatic hydroxyl groups excluding tert-OH is 2. The van der Waals surface area contributed by atoms with E-state index < -0.39 is 23.8 Å². The van der Waals surface area contributed by atoms with Crippen molar-refractivity contribution in [3.8, 4) is 23.0 Å². The summed E-state index contributed by atoms with van der Waals surface area (Å²) in [4.78, 5) is 12.0. The fourth-order valence-electron chi connectivity index (χ4n) is 3.90. The van der Waals surface area contributed by atoms with Crippen molar-refractivity contribution in [1.29, 1.82) is 0 Å². The highest BCUT2D eigenvalue weighted by atomic mass is 19.1. The molecule has 2 N–H and O–H groups in total. The van der Waals surface area contributed by atoms with Gasteiger partial charge in [-0.05, 0) is 79.5 Å². The van der Waals surface area contributed by atoms with Crippen LogP contribution in [0, 0.1) is 23.6 Å². The lowest BCUT2D eigenvalue weighted by atomic mass is 9.86. The van der Waals surface area contributed by atoms with Crippen molar-refractivity contribution in [2.24, 2.45) is 5.92 Å². The molecule has 0 saturated heterocycles. The Hall–Kier alpha value is -2.68. The van der Waals surface area contributed by atoms with Gasteiger partial charge < -0.3 is 14.9 Å². The molecule has 0 saturated carbocycles. The van der Waals surface area contributed by atoms with Gasteiger partial charge in [0, 0.05) is 12.0 Å². The van der Waals surface area contributed by atoms with Crippen molar-refractivity contribution in [2.75, 3.05) is 0 Å². The Kier molecular flexibility index (Phi) is 10.1. The Labute approximate surface area is 209 Å². The van der Waals surface area contributed by atoms with Gasteiger partial charge in [0.15, 0.2) is 0 Å². The summed E-state index contributed by atoms with van der Waals surface area (Å²) in [5.74, 6) is 5.81. The molecule has 0 fully saturated rings. The van der Waals surface area contributed by atoms with Crippen LogP contribution >= 0.6 is 0 Å². The van der Waals surface area contributed by atoms with Crippen LogP contribution in [0.15, 0.2) is 36.4 Å². The predicted molar refractivity (Wildman–Crippen MR) is 138 cm³/mol. The van der Waals surface area contributed by atoms with Crippen LogP contribution in [-0.4, -0.2) is 34.0 Å². The van der Waals surface area contributed by atoms with Crippen molar-refractivity contribution in [3.63, 3.8) is 0 Å². The molecule has 0 unspecified atom stereocenters. The molecular formula is C30H39FO4. The molecule has 190 valence electrons. The molecule has 5 heteroatoms. The molecule has 0 aromatic heterocycles. The molecule has 0 radical (unpaired) electrons. The molecule has 0 heterocycles. The molecule has 0 aliphatic rings. The highest BCUT2D eigenvalue weighted by molar-refractivity contribution is 5.74. The van der Waals surface area contributed by atoms with Crippen LogP contribution in [0.2, 0.25) is 0 Å². The van der Waals surface area contributed by atoms with Crippen LogP contribution in [-0.2, 0) is 16.0 Å². The smallest absolute Gasteiger partial charge is 0.308 e. The van der Waals surface area contributed by atoms with Gasteiger partial charge in [-0.15, -0.1) is 0 Å². The number of hydrogen-bond acceptors (Lipinski definition) is 4. The molecular weight excluding hydrogens is 443 g/mol. The standard InChI is InChI=1S/C30H39FO4/c1-19(2)14-21-15-27(20(3)4)26(28(16-21)22-8-10-23(31)11-9-22)13-12-24(32)17-25(33)18-29(34)35-30(5,6)7/h8-11,15-16,19-20,24-25,32-33H,14,17-18H2,1-7H3/t24-,25-/m1/s1. The number of hydrogen-bond donors (Lipinski definition) is 2. The van der Waals surface area contributed by atoms with Crippen molar-refractivity contribution in [3.05, 3.63) is 58.9 Å². The van der Waals surface area contributed by atoms with Gasteiger partial charge in [-0.3, -0.25) is 4.79 Å². The van der Waals surface area contributed by atoms with E-state index in [9.17, 15) is 19.4 Å². The molecule has 35 heavy (non-hydrogen) atoms. The van der Waals surface area contributed by atoms with Crippen LogP contribution in [0.4, 0.5) is 4.39 Å². The summed E-state index contributed by atoms with van der Waals surface area (Å²) in [5, 5.41) is 20.7. The number of ether oxygens (including phenoxy) is 1. The van der Waals surface area contributed by atoms with Crippen LogP contribution in [0.1, 0.15) is 83.9 Å². The first-order valence-corrected chi connectivity index (χ1v) is 12.3. The topological polar surface area (TPSA) is 66.8 Å². The summed E-state index contributed by atoms with van der Waals surface area (Å²) < 4.78 is 18.8. The maximum Gasteiger partial charge on any atom is 0.308 e. The van der Waals surface area contributed by atoms with E-state index in [4.69, 9.17) is 4.74 Å². The first-order chi connectivity index (χ1) is 16.2. The summed E-state index contributed by atoms with van der Waals surface area (Å²) in [7, 11) is 0. The van der Waals surface area contributed by atoms with E-state index in [2.05, 4.69) is 51.7 Å². The third-order valence-corrected chi connectivity index (χ3v) is 5.33. The number of halogens is 1. The molecule has 2 rings (SSSR count). The zero-order valence-corrected chi connectivity index (χ0v) is 22.0. The molecule has 2 aromatic carbocycles. The largest absolute Gasteiger partial charge is 0.460 e. The second-order valence-corrected chi connectivity index (χ2v) is 10.8. The fraction of sp³-hybridized carbons (Fsp3) is 0.500. The van der Waals surface area contributed by atoms with Gasteiger partial charge in [-0.2, -0.15) is 0 Å². The van der Waals surface area contributed by atoms with Gasteiger partial charge in [0.2, 0.25) is 0 Å². The summed E-state index contributed by atoms with van der Waals surface area (Å²) in [6, 6.07) is 10.6. The van der Waals surface area contributed by atoms with E-state index in [0.717, 1.165) is 28.7 Å². The summed E-state index contributed by atoms with van der Waals surface area (Å²) >= 11 is 0. The number of esters is 1. The van der Waals surface area contributed by atoms with Gasteiger partial charge in [0.25, 0.3) is 0 Å². The Balaban J connectivity index is 2.38. The lowest BCUT2D eigenvalue weighted by Crippen LogP contribution is -2.27. The molecule has 2 aromatic rings. The third kappa shape index (κ3) is 9.47. The van der Waals surface area contributed by atoms with Gasteiger partial charge in [-0.1, -0.05) is 57.7 Å². The number of rotatable bonds is 8. The van der Waals surface area contributed by atoms with Gasteiger partial charge in [-0.25, -0.2) is 4.39 Å². The fourth-order valence-corrected chi connectivity index (χ4v) is 3.90. The lowest BCUT2D eigenvalue weighted by Gasteiger charge is -2.20. The van der Waals surface area contributed by atoms with Crippen LogP contribution in [0.5, 0.6) is 0 Å². The maximum absolute atomic E-state index is 13.6. The SMILES string of the molecule is CC(C)Cc1cc(-c2ccc(F)cc2)c(C#C[C@@H](O)C[C@@H](O)CC(=O)OC(C)(C)C)c(C(C)C)c1. The Morgan fingerprint density at radius 2 is 1.69 bits per heavy atom. The van der Waals surface area contributed by atoms with E-state index >= 15 is 0 Å². The average Bonchev–Trinajstić information content (AvgIpc) is 2.70. The molecule has 0 aliphatic carbocycles. The molecule has 0 bridgehead atoms. The zero-order valence-electron chi connectivity index (χ0n) is 22.0. The maximum atomic E-state index is 13.6. The van der Waals surface area contributed by atoms with E-state index in [1.54, 1.807) is 32.9 Å². The molecule has 0 aliphatic heterocycles. The van der Waals surface area contributed by atoms with E-state index in [0.29, 0.717) is 5.92 Å². The first kappa shape index (κ1) is 28.6. The monoisotopic (exact) mass is 482 g/mol. The number of carbonyl (C=O) groups excluding carboxylic acids is 1. The normalized spacial score (nSPS) is 13.4. The van der Waals surface area contributed by atoms with E-state index in [1.165, 1.54) is 17.7 Å². The van der Waals surface area contributed by atoms with E-state index in [-0.39, 0.29) is 24.6 Å². The average molecular weight is 483 g/mol. The minimum Gasteiger partial charge on any atom is -0.460 e. The van der Waals surface area contributed by atoms with Crippen molar-refractivity contribution in [1.82, 2.24) is 0 Å². The lowest BCUT2D eigenvalue weighted by molar-refractivity contribution is -0.157. The van der Waals surface area contributed by atoms with Gasteiger partial charge >= 0.3 is 5.97 Å². The first-order valence-electron chi connectivity index (χ1n) is 12.3. The van der Waals surface area contributed by atoms with Crippen molar-refractivity contribution < 1.29 is 24.1 Å². The minimum atomic E-state index is -1.12. The highest BCUT2D eigenvalue weighted by Gasteiger charge is 2.21. The van der Waals surface area contributed by atoms with Crippen molar-refractivity contribution >= 4 is 5.97 Å². The summed E-state index contributed by atoms with van der Waals surface area (Å²) in [6.45, 7) is 13.8. The van der Waals surface area contributed by atoms with Crippen LogP contribution in [0.25, 0.3) is 11.1 Å². The van der Waals surface area contributed by atoms with Crippen molar-refractivity contribution in [2.45, 2.75) is 91.5 Å². The number of carbonyl (C=O) groups is 1.